The molecule has 0 aliphatic heterocycles. The van der Waals surface area contributed by atoms with Crippen LogP contribution in [-0.2, 0) is 0 Å². The van der Waals surface area contributed by atoms with E-state index in [0.29, 0.717) is 11.6 Å². The molecule has 0 radical (unpaired) electrons. The average molecular weight is 244 g/mol. The molecule has 92 valence electrons. The number of ether oxygens (including phenoxy) is 1. The molecule has 2 aromatic rings. The molecule has 0 unspecified atom stereocenters. The molecule has 0 aliphatic rings. The van der Waals surface area contributed by atoms with Crippen molar-refractivity contribution in [1.29, 1.82) is 0 Å². The zero-order chi connectivity index (χ0) is 13.1. The number of carboxylic acid groups (broad SMARTS) is 1. The van der Waals surface area contributed by atoms with Crippen LogP contribution in [-0.4, -0.2) is 21.0 Å². The van der Waals surface area contributed by atoms with E-state index in [4.69, 9.17) is 9.84 Å². The Hall–Kier alpha value is -2.43. The molecule has 1 aromatic carbocycles. The lowest BCUT2D eigenvalue weighted by molar-refractivity contribution is 0.0694. The summed E-state index contributed by atoms with van der Waals surface area (Å²) in [4.78, 5) is 19.2. The van der Waals surface area contributed by atoms with Gasteiger partial charge in [0.25, 0.3) is 0 Å². The Morgan fingerprint density at radius 2 is 1.94 bits per heavy atom. The maximum atomic E-state index is 11.1. The molecule has 0 saturated carbocycles. The zero-order valence-electron chi connectivity index (χ0n) is 10.0. The van der Waals surface area contributed by atoms with E-state index in [0.717, 1.165) is 5.56 Å². The molecule has 2 rings (SSSR count). The van der Waals surface area contributed by atoms with E-state index < -0.39 is 5.97 Å². The first-order valence-electron chi connectivity index (χ1n) is 5.37. The van der Waals surface area contributed by atoms with Gasteiger partial charge in [0.15, 0.2) is 0 Å². The largest absolute Gasteiger partial charge is 0.478 e. The van der Waals surface area contributed by atoms with Gasteiger partial charge in [0, 0.05) is 12.4 Å². The summed E-state index contributed by atoms with van der Waals surface area (Å²) in [6, 6.07) is 4.90. The fraction of sp³-hybridized carbons (Fsp3) is 0.154. The normalized spacial score (nSPS) is 10.1. The molecule has 1 aromatic heterocycles. The second-order valence-electron chi connectivity index (χ2n) is 3.85. The maximum Gasteiger partial charge on any atom is 0.339 e. The van der Waals surface area contributed by atoms with Crippen molar-refractivity contribution in [2.45, 2.75) is 13.8 Å². The first-order valence-corrected chi connectivity index (χ1v) is 5.37. The van der Waals surface area contributed by atoms with E-state index in [2.05, 4.69) is 9.97 Å². The summed E-state index contributed by atoms with van der Waals surface area (Å²) in [5, 5.41) is 9.09. The molecule has 1 N–H and O–H groups in total. The molecule has 5 nitrogen and oxygen atoms in total. The van der Waals surface area contributed by atoms with Crippen molar-refractivity contribution < 1.29 is 14.6 Å². The van der Waals surface area contributed by atoms with Crippen LogP contribution in [0.4, 0.5) is 0 Å². The van der Waals surface area contributed by atoms with Gasteiger partial charge in [0.2, 0.25) is 5.88 Å². The minimum Gasteiger partial charge on any atom is -0.478 e. The van der Waals surface area contributed by atoms with Crippen molar-refractivity contribution in [1.82, 2.24) is 9.97 Å². The van der Waals surface area contributed by atoms with Crippen molar-refractivity contribution in [3.8, 4) is 11.6 Å². The van der Waals surface area contributed by atoms with Gasteiger partial charge in [-0.3, -0.25) is 4.98 Å². The molecule has 0 spiro atoms. The van der Waals surface area contributed by atoms with Crippen LogP contribution in [0.25, 0.3) is 0 Å². The highest BCUT2D eigenvalue weighted by atomic mass is 16.5. The number of rotatable bonds is 3. The molecular formula is C13H12N2O3. The van der Waals surface area contributed by atoms with Gasteiger partial charge in [-0.1, -0.05) is 6.07 Å². The SMILES string of the molecule is Cc1ccc(C(=O)O)c(Oc2nccnc2C)c1. The third kappa shape index (κ3) is 2.45. The quantitative estimate of drug-likeness (QED) is 0.898. The fourth-order valence-electron chi connectivity index (χ4n) is 1.49. The highest BCUT2D eigenvalue weighted by Gasteiger charge is 2.13. The Kier molecular flexibility index (Phi) is 3.23. The highest BCUT2D eigenvalue weighted by molar-refractivity contribution is 5.91. The number of benzene rings is 1. The first-order chi connectivity index (χ1) is 8.58. The van der Waals surface area contributed by atoms with E-state index in [1.807, 2.05) is 6.92 Å². The van der Waals surface area contributed by atoms with Crippen molar-refractivity contribution in [3.63, 3.8) is 0 Å². The van der Waals surface area contributed by atoms with Crippen LogP contribution in [0.5, 0.6) is 11.6 Å². The molecule has 0 aliphatic carbocycles. The third-order valence-electron chi connectivity index (χ3n) is 2.41. The number of aromatic carboxylic acids is 1. The Morgan fingerprint density at radius 1 is 1.22 bits per heavy atom. The molecule has 0 amide bonds. The molecule has 0 fully saturated rings. The lowest BCUT2D eigenvalue weighted by Gasteiger charge is -2.09. The van der Waals surface area contributed by atoms with Gasteiger partial charge in [0.1, 0.15) is 11.3 Å². The maximum absolute atomic E-state index is 11.1. The summed E-state index contributed by atoms with van der Waals surface area (Å²) in [6.45, 7) is 3.61. The number of nitrogens with zero attached hydrogens (tertiary/aromatic N) is 2. The van der Waals surface area contributed by atoms with Gasteiger partial charge >= 0.3 is 5.97 Å². The van der Waals surface area contributed by atoms with Gasteiger partial charge in [-0.25, -0.2) is 9.78 Å². The van der Waals surface area contributed by atoms with Gasteiger partial charge in [-0.2, -0.15) is 0 Å². The smallest absolute Gasteiger partial charge is 0.339 e. The van der Waals surface area contributed by atoms with Crippen LogP contribution in [0.1, 0.15) is 21.6 Å². The van der Waals surface area contributed by atoms with E-state index in [1.54, 1.807) is 25.3 Å². The summed E-state index contributed by atoms with van der Waals surface area (Å²) in [7, 11) is 0. The molecule has 18 heavy (non-hydrogen) atoms. The monoisotopic (exact) mass is 244 g/mol. The Bertz CT molecular complexity index is 597. The minimum absolute atomic E-state index is 0.102. The number of aryl methyl sites for hydroxylation is 2. The third-order valence-corrected chi connectivity index (χ3v) is 2.41. The number of hydrogen-bond acceptors (Lipinski definition) is 4. The van der Waals surface area contributed by atoms with Crippen LogP contribution in [0.2, 0.25) is 0 Å². The topological polar surface area (TPSA) is 72.3 Å². The van der Waals surface area contributed by atoms with Gasteiger partial charge in [0.05, 0.1) is 5.69 Å². The summed E-state index contributed by atoms with van der Waals surface area (Å²) in [5.74, 6) is -0.455. The van der Waals surface area contributed by atoms with E-state index in [1.165, 1.54) is 12.3 Å². The van der Waals surface area contributed by atoms with Crippen LogP contribution in [0, 0.1) is 13.8 Å². The minimum atomic E-state index is -1.04. The second-order valence-corrected chi connectivity index (χ2v) is 3.85. The van der Waals surface area contributed by atoms with Crippen LogP contribution >= 0.6 is 0 Å². The predicted octanol–water partition coefficient (Wildman–Crippen LogP) is 2.58. The van der Waals surface area contributed by atoms with Crippen LogP contribution in [0.3, 0.4) is 0 Å². The Balaban J connectivity index is 2.42. The standard InChI is InChI=1S/C13H12N2O3/c1-8-3-4-10(13(16)17)11(7-8)18-12-9(2)14-5-6-15-12/h3-7H,1-2H3,(H,16,17). The molecule has 1 heterocycles. The van der Waals surface area contributed by atoms with Gasteiger partial charge < -0.3 is 9.84 Å². The first kappa shape index (κ1) is 12.0. The van der Waals surface area contributed by atoms with Crippen LogP contribution < -0.4 is 4.74 Å². The highest BCUT2D eigenvalue weighted by Crippen LogP contribution is 2.26. The van der Waals surface area contributed by atoms with E-state index >= 15 is 0 Å². The van der Waals surface area contributed by atoms with E-state index in [-0.39, 0.29) is 11.3 Å². The summed E-state index contributed by atoms with van der Waals surface area (Å²) < 4.78 is 5.53. The summed E-state index contributed by atoms with van der Waals surface area (Å²) in [5.41, 5.74) is 1.62. The summed E-state index contributed by atoms with van der Waals surface area (Å²) >= 11 is 0. The van der Waals surface area contributed by atoms with Crippen molar-refractivity contribution in [3.05, 3.63) is 47.4 Å². The lowest BCUT2D eigenvalue weighted by Crippen LogP contribution is -2.02. The molecule has 5 heteroatoms. The Morgan fingerprint density at radius 3 is 2.61 bits per heavy atom. The Labute approximate surface area is 104 Å². The van der Waals surface area contributed by atoms with Gasteiger partial charge in [-0.05, 0) is 31.5 Å². The number of aromatic nitrogens is 2. The summed E-state index contributed by atoms with van der Waals surface area (Å²) in [6.07, 6.45) is 3.05. The van der Waals surface area contributed by atoms with Crippen molar-refractivity contribution in [2.24, 2.45) is 0 Å². The number of carbonyl (C=O) groups is 1. The number of hydrogen-bond donors (Lipinski definition) is 1. The molecule has 0 bridgehead atoms. The second kappa shape index (κ2) is 4.83. The lowest BCUT2D eigenvalue weighted by atomic mass is 10.1. The van der Waals surface area contributed by atoms with Crippen molar-refractivity contribution in [2.75, 3.05) is 0 Å². The molecular weight excluding hydrogens is 232 g/mol. The van der Waals surface area contributed by atoms with Crippen molar-refractivity contribution >= 4 is 5.97 Å². The fourth-order valence-corrected chi connectivity index (χ4v) is 1.49. The van der Waals surface area contributed by atoms with E-state index in [9.17, 15) is 4.79 Å². The zero-order valence-corrected chi connectivity index (χ0v) is 10.0. The molecule has 0 atom stereocenters. The van der Waals surface area contributed by atoms with Gasteiger partial charge in [-0.15, -0.1) is 0 Å². The molecule has 0 saturated heterocycles. The predicted molar refractivity (Wildman–Crippen MR) is 65.0 cm³/mol. The van der Waals surface area contributed by atoms with Crippen LogP contribution in [0.15, 0.2) is 30.6 Å². The average Bonchev–Trinajstić information content (AvgIpc) is 2.32. The number of carboxylic acids is 1.